The normalized spacial score (nSPS) is 28.2. The molecule has 4 rings (SSSR count). The Hall–Kier alpha value is -2.08. The van der Waals surface area contributed by atoms with E-state index in [9.17, 15) is 9.59 Å². The van der Waals surface area contributed by atoms with Gasteiger partial charge in [0.2, 0.25) is 5.91 Å². The zero-order valence-electron chi connectivity index (χ0n) is 11.7. The first kappa shape index (κ1) is 12.6. The first-order valence-electron chi connectivity index (χ1n) is 7.42. The van der Waals surface area contributed by atoms with E-state index < -0.39 is 0 Å². The predicted molar refractivity (Wildman–Crippen MR) is 79.5 cm³/mol. The largest absolute Gasteiger partial charge is 0.366 e. The zero-order chi connectivity index (χ0) is 14.4. The van der Waals surface area contributed by atoms with E-state index in [1.165, 1.54) is 12.1 Å². The van der Waals surface area contributed by atoms with Crippen LogP contribution in [0.25, 0.3) is 0 Å². The highest BCUT2D eigenvalue weighted by molar-refractivity contribution is 6.05. The number of anilines is 2. The van der Waals surface area contributed by atoms with Crippen molar-refractivity contribution in [3.63, 3.8) is 0 Å². The Labute approximate surface area is 123 Å². The number of amides is 3. The van der Waals surface area contributed by atoms with E-state index in [0.29, 0.717) is 25.0 Å². The Bertz CT molecular complexity index is 586. The van der Waals surface area contributed by atoms with Crippen LogP contribution >= 0.6 is 0 Å². The zero-order valence-corrected chi connectivity index (χ0v) is 11.7. The quantitative estimate of drug-likeness (QED) is 0.839. The summed E-state index contributed by atoms with van der Waals surface area (Å²) in [6.45, 7) is 2.56. The number of nitrogens with one attached hydrogen (secondary N) is 2. The van der Waals surface area contributed by atoms with Gasteiger partial charge >= 0.3 is 6.03 Å². The van der Waals surface area contributed by atoms with Gasteiger partial charge in [0, 0.05) is 49.5 Å². The third-order valence-corrected chi connectivity index (χ3v) is 4.60. The molecule has 21 heavy (non-hydrogen) atoms. The molecule has 2 bridgehead atoms. The minimum absolute atomic E-state index is 0.200. The number of hydrogen-bond donors (Lipinski definition) is 2. The molecule has 0 unspecified atom stereocenters. The van der Waals surface area contributed by atoms with Gasteiger partial charge in [0.05, 0.1) is 0 Å². The lowest BCUT2D eigenvalue weighted by molar-refractivity contribution is -0.120. The van der Waals surface area contributed by atoms with E-state index in [0.717, 1.165) is 18.8 Å². The number of urea groups is 1. The fourth-order valence-corrected chi connectivity index (χ4v) is 3.51. The van der Waals surface area contributed by atoms with Crippen LogP contribution in [0.5, 0.6) is 0 Å². The highest BCUT2D eigenvalue weighted by Crippen LogP contribution is 2.30. The molecule has 3 aliphatic heterocycles. The van der Waals surface area contributed by atoms with Crippen LogP contribution in [0.1, 0.15) is 12.8 Å². The second-order valence-electron chi connectivity index (χ2n) is 5.92. The van der Waals surface area contributed by atoms with Crippen molar-refractivity contribution < 1.29 is 9.59 Å². The SMILES string of the molecule is O=C1CCN(c2ccc(N3C[C@H]4C[C@@H]3CN4)cc2)C(=O)N1. The molecule has 0 radical (unpaired) electrons. The van der Waals surface area contributed by atoms with Gasteiger partial charge in [-0.1, -0.05) is 0 Å². The van der Waals surface area contributed by atoms with Crippen LogP contribution in [0.2, 0.25) is 0 Å². The van der Waals surface area contributed by atoms with Crippen LogP contribution in [0.15, 0.2) is 24.3 Å². The predicted octanol–water partition coefficient (Wildman–Crippen LogP) is 0.683. The fourth-order valence-electron chi connectivity index (χ4n) is 3.51. The van der Waals surface area contributed by atoms with Gasteiger partial charge in [0.25, 0.3) is 0 Å². The van der Waals surface area contributed by atoms with Crippen LogP contribution < -0.4 is 20.4 Å². The van der Waals surface area contributed by atoms with Gasteiger partial charge in [-0.25, -0.2) is 4.79 Å². The summed E-state index contributed by atoms with van der Waals surface area (Å²) in [5, 5.41) is 5.84. The first-order valence-corrected chi connectivity index (χ1v) is 7.42. The van der Waals surface area contributed by atoms with E-state index >= 15 is 0 Å². The molecule has 3 aliphatic rings. The third-order valence-electron chi connectivity index (χ3n) is 4.60. The summed E-state index contributed by atoms with van der Waals surface area (Å²) in [6.07, 6.45) is 1.58. The molecule has 3 saturated heterocycles. The number of hydrogen-bond acceptors (Lipinski definition) is 4. The molecule has 6 heteroatoms. The van der Waals surface area contributed by atoms with Crippen LogP contribution in [-0.4, -0.2) is 43.7 Å². The topological polar surface area (TPSA) is 64.7 Å². The van der Waals surface area contributed by atoms with Crippen molar-refractivity contribution in [3.8, 4) is 0 Å². The minimum atomic E-state index is -0.330. The second kappa shape index (κ2) is 4.73. The first-order chi connectivity index (χ1) is 10.2. The number of carbonyl (C=O) groups is 2. The van der Waals surface area contributed by atoms with Crippen molar-refractivity contribution in [3.05, 3.63) is 24.3 Å². The molecule has 2 N–H and O–H groups in total. The number of rotatable bonds is 2. The average molecular weight is 286 g/mol. The van der Waals surface area contributed by atoms with E-state index in [1.807, 2.05) is 12.1 Å². The Kier molecular flexibility index (Phi) is 2.85. The van der Waals surface area contributed by atoms with Crippen molar-refractivity contribution in [2.24, 2.45) is 0 Å². The molecule has 0 aromatic heterocycles. The van der Waals surface area contributed by atoms with Gasteiger partial charge in [-0.15, -0.1) is 0 Å². The number of carbonyl (C=O) groups excluding carboxylic acids is 2. The summed E-state index contributed by atoms with van der Waals surface area (Å²) in [4.78, 5) is 27.1. The number of piperazine rings is 1. The monoisotopic (exact) mass is 286 g/mol. The van der Waals surface area contributed by atoms with Gasteiger partial charge in [0.1, 0.15) is 0 Å². The maximum absolute atomic E-state index is 11.8. The smallest absolute Gasteiger partial charge is 0.328 e. The fraction of sp³-hybridized carbons (Fsp3) is 0.467. The molecule has 0 spiro atoms. The Balaban J connectivity index is 1.51. The van der Waals surface area contributed by atoms with Gasteiger partial charge in [0.15, 0.2) is 0 Å². The van der Waals surface area contributed by atoms with Crippen LogP contribution in [0.4, 0.5) is 16.2 Å². The Morgan fingerprint density at radius 2 is 1.86 bits per heavy atom. The molecule has 3 heterocycles. The van der Waals surface area contributed by atoms with Gasteiger partial charge in [-0.3, -0.25) is 15.0 Å². The summed E-state index contributed by atoms with van der Waals surface area (Å²) < 4.78 is 0. The lowest BCUT2D eigenvalue weighted by atomic mass is 10.2. The van der Waals surface area contributed by atoms with Gasteiger partial charge < -0.3 is 10.2 Å². The standard InChI is InChI=1S/C15H18N4O2/c20-14-5-6-18(15(21)17-14)11-1-3-12(4-2-11)19-9-10-7-13(19)8-16-10/h1-4,10,13,16H,5-9H2,(H,17,20,21)/t10-,13-/m1/s1. The number of imide groups is 1. The molecular weight excluding hydrogens is 268 g/mol. The van der Waals surface area contributed by atoms with E-state index in [2.05, 4.69) is 27.7 Å². The summed E-state index contributed by atoms with van der Waals surface area (Å²) in [5.74, 6) is -0.200. The maximum atomic E-state index is 11.8. The Morgan fingerprint density at radius 1 is 1.10 bits per heavy atom. The number of benzene rings is 1. The maximum Gasteiger partial charge on any atom is 0.328 e. The van der Waals surface area contributed by atoms with Crippen molar-refractivity contribution in [1.29, 1.82) is 0 Å². The molecule has 3 amide bonds. The molecule has 110 valence electrons. The molecule has 1 aromatic carbocycles. The molecule has 0 saturated carbocycles. The van der Waals surface area contributed by atoms with E-state index in [1.54, 1.807) is 4.90 Å². The van der Waals surface area contributed by atoms with Crippen molar-refractivity contribution in [2.75, 3.05) is 29.4 Å². The highest BCUT2D eigenvalue weighted by atomic mass is 16.2. The lowest BCUT2D eigenvalue weighted by Gasteiger charge is -2.31. The molecule has 1 aromatic rings. The molecule has 6 nitrogen and oxygen atoms in total. The number of fused-ring (bicyclic) bond motifs is 2. The third kappa shape index (κ3) is 2.15. The van der Waals surface area contributed by atoms with Crippen molar-refractivity contribution >= 4 is 23.3 Å². The van der Waals surface area contributed by atoms with Crippen LogP contribution in [0.3, 0.4) is 0 Å². The molecule has 3 fully saturated rings. The second-order valence-corrected chi connectivity index (χ2v) is 5.92. The summed E-state index contributed by atoms with van der Waals surface area (Å²) >= 11 is 0. The van der Waals surface area contributed by atoms with Crippen LogP contribution in [-0.2, 0) is 4.79 Å². The minimum Gasteiger partial charge on any atom is -0.366 e. The average Bonchev–Trinajstić information content (AvgIpc) is 3.10. The van der Waals surface area contributed by atoms with E-state index in [4.69, 9.17) is 0 Å². The lowest BCUT2D eigenvalue weighted by Crippen LogP contribution is -2.49. The molecule has 2 atom stereocenters. The molecule has 0 aliphatic carbocycles. The van der Waals surface area contributed by atoms with Gasteiger partial charge in [-0.05, 0) is 30.7 Å². The van der Waals surface area contributed by atoms with Crippen LogP contribution in [0, 0.1) is 0 Å². The molecular formula is C15H18N4O2. The van der Waals surface area contributed by atoms with E-state index in [-0.39, 0.29) is 11.9 Å². The highest BCUT2D eigenvalue weighted by Gasteiger charge is 2.37. The summed E-state index contributed by atoms with van der Waals surface area (Å²) in [5.41, 5.74) is 2.05. The summed E-state index contributed by atoms with van der Waals surface area (Å²) in [7, 11) is 0. The van der Waals surface area contributed by atoms with Crippen molar-refractivity contribution in [2.45, 2.75) is 24.9 Å². The number of nitrogens with zero attached hydrogens (tertiary/aromatic N) is 2. The van der Waals surface area contributed by atoms with Crippen molar-refractivity contribution in [1.82, 2.24) is 10.6 Å². The Morgan fingerprint density at radius 3 is 2.48 bits per heavy atom. The van der Waals surface area contributed by atoms with Gasteiger partial charge in [-0.2, -0.15) is 0 Å². The summed E-state index contributed by atoms with van der Waals surface area (Å²) in [6, 6.07) is 8.95.